The first-order chi connectivity index (χ1) is 15.2. The molecule has 0 bridgehead atoms. The molecule has 4 aromatic carbocycles. The van der Waals surface area contributed by atoms with Crippen molar-refractivity contribution in [1.82, 2.24) is 4.57 Å². The predicted octanol–water partition coefficient (Wildman–Crippen LogP) is 8.15. The molecule has 0 radical (unpaired) electrons. The molecule has 0 unspecified atom stereocenters. The third kappa shape index (κ3) is 2.65. The second kappa shape index (κ2) is 6.75. The quantitative estimate of drug-likeness (QED) is 0.294. The Hall–Kier alpha value is -4.04. The van der Waals surface area contributed by atoms with E-state index in [9.17, 15) is 0 Å². The highest BCUT2D eigenvalue weighted by Crippen LogP contribution is 2.35. The van der Waals surface area contributed by atoms with Crippen LogP contribution in [0.5, 0.6) is 0 Å². The van der Waals surface area contributed by atoms with E-state index in [1.165, 1.54) is 22.0 Å². The first-order valence-corrected chi connectivity index (χ1v) is 10.5. The second-order valence-electron chi connectivity index (χ2n) is 7.93. The van der Waals surface area contributed by atoms with Gasteiger partial charge in [-0.25, -0.2) is 0 Å². The van der Waals surface area contributed by atoms with E-state index < -0.39 is 0 Å². The lowest BCUT2D eigenvalue weighted by atomic mass is 10.0. The number of nitrogens with zero attached hydrogens (tertiary/aromatic N) is 1. The van der Waals surface area contributed by atoms with E-state index in [1.54, 1.807) is 0 Å². The van der Waals surface area contributed by atoms with E-state index in [0.717, 1.165) is 38.9 Å². The Morgan fingerprint density at radius 2 is 1.52 bits per heavy atom. The number of aromatic nitrogens is 1. The van der Waals surface area contributed by atoms with Gasteiger partial charge in [0.25, 0.3) is 0 Å². The van der Waals surface area contributed by atoms with Gasteiger partial charge >= 0.3 is 0 Å². The smallest absolute Gasteiger partial charge is 0.136 e. The van der Waals surface area contributed by atoms with E-state index in [-0.39, 0.29) is 0 Å². The van der Waals surface area contributed by atoms with E-state index >= 15 is 0 Å². The average Bonchev–Trinajstić information content (AvgIpc) is 3.33. The number of hydrogen-bond acceptors (Lipinski definition) is 1. The van der Waals surface area contributed by atoms with Gasteiger partial charge in [0.15, 0.2) is 0 Å². The highest BCUT2D eigenvalue weighted by Gasteiger charge is 2.15. The Morgan fingerprint density at radius 3 is 2.35 bits per heavy atom. The summed E-state index contributed by atoms with van der Waals surface area (Å²) in [4.78, 5) is 0. The maximum absolute atomic E-state index is 6.23. The highest BCUT2D eigenvalue weighted by atomic mass is 16.3. The second-order valence-corrected chi connectivity index (χ2v) is 7.93. The van der Waals surface area contributed by atoms with Crippen LogP contribution >= 0.6 is 0 Å². The zero-order valence-corrected chi connectivity index (χ0v) is 17.3. The fourth-order valence-corrected chi connectivity index (χ4v) is 4.66. The van der Waals surface area contributed by atoms with Crippen molar-refractivity contribution in [1.29, 1.82) is 0 Å². The number of aryl methyl sites for hydroxylation is 1. The van der Waals surface area contributed by atoms with Crippen LogP contribution in [0.25, 0.3) is 55.7 Å². The Labute approximate surface area is 180 Å². The number of furan rings is 1. The highest BCUT2D eigenvalue weighted by molar-refractivity contribution is 6.07. The van der Waals surface area contributed by atoms with Gasteiger partial charge < -0.3 is 8.98 Å². The lowest BCUT2D eigenvalue weighted by molar-refractivity contribution is 0.669. The molecule has 0 spiro atoms. The molecule has 0 aliphatic rings. The van der Waals surface area contributed by atoms with Crippen molar-refractivity contribution in [3.63, 3.8) is 0 Å². The number of rotatable bonds is 3. The van der Waals surface area contributed by atoms with Crippen LogP contribution in [0, 0.1) is 6.92 Å². The molecule has 0 aliphatic carbocycles. The van der Waals surface area contributed by atoms with Crippen LogP contribution in [-0.2, 0) is 0 Å². The van der Waals surface area contributed by atoms with Crippen molar-refractivity contribution in [3.05, 3.63) is 109 Å². The third-order valence-corrected chi connectivity index (χ3v) is 6.19. The Balaban J connectivity index is 1.58. The van der Waals surface area contributed by atoms with E-state index in [4.69, 9.17) is 4.42 Å². The molecule has 0 saturated carbocycles. The Morgan fingerprint density at radius 1 is 0.710 bits per heavy atom. The van der Waals surface area contributed by atoms with Crippen molar-refractivity contribution in [3.8, 4) is 16.8 Å². The Bertz CT molecular complexity index is 1600. The molecular weight excluding hydrogens is 378 g/mol. The molecule has 6 aromatic rings. The van der Waals surface area contributed by atoms with Gasteiger partial charge in [-0.15, -0.1) is 0 Å². The molecule has 0 fully saturated rings. The van der Waals surface area contributed by atoms with Gasteiger partial charge in [-0.05, 0) is 66.1 Å². The minimum absolute atomic E-state index is 0.900. The van der Waals surface area contributed by atoms with Crippen LogP contribution in [0.4, 0.5) is 0 Å². The lowest BCUT2D eigenvalue weighted by Gasteiger charge is -2.09. The average molecular weight is 399 g/mol. The molecule has 0 aliphatic heterocycles. The van der Waals surface area contributed by atoms with Crippen molar-refractivity contribution >= 4 is 38.9 Å². The van der Waals surface area contributed by atoms with E-state index in [0.29, 0.717) is 0 Å². The maximum atomic E-state index is 6.23. The molecule has 2 aromatic heterocycles. The molecule has 0 atom stereocenters. The molecule has 148 valence electrons. The SMILES string of the molecule is C=Cc1c(C)c2ccccc2n1-c1ccc2oc3cc(-c4ccccc4)ccc3c2c1. The summed E-state index contributed by atoms with van der Waals surface area (Å²) in [5.41, 5.74) is 8.83. The number of hydrogen-bond donors (Lipinski definition) is 0. The monoisotopic (exact) mass is 399 g/mol. The fourth-order valence-electron chi connectivity index (χ4n) is 4.66. The first kappa shape index (κ1) is 17.8. The summed E-state index contributed by atoms with van der Waals surface area (Å²) in [6.07, 6.45) is 1.94. The van der Waals surface area contributed by atoms with Crippen LogP contribution < -0.4 is 0 Å². The summed E-state index contributed by atoms with van der Waals surface area (Å²) in [5, 5.41) is 3.50. The number of benzene rings is 4. The molecule has 31 heavy (non-hydrogen) atoms. The van der Waals surface area contributed by atoms with Crippen molar-refractivity contribution in [2.45, 2.75) is 6.92 Å². The fraction of sp³-hybridized carbons (Fsp3) is 0.0345. The molecule has 0 N–H and O–H groups in total. The van der Waals surface area contributed by atoms with Gasteiger partial charge in [-0.1, -0.05) is 61.2 Å². The zero-order valence-electron chi connectivity index (χ0n) is 17.3. The summed E-state index contributed by atoms with van der Waals surface area (Å²) in [6, 6.07) is 31.8. The summed E-state index contributed by atoms with van der Waals surface area (Å²) in [6.45, 7) is 6.23. The Kier molecular flexibility index (Phi) is 3.87. The summed E-state index contributed by atoms with van der Waals surface area (Å²) in [5.74, 6) is 0. The normalized spacial score (nSPS) is 11.5. The molecule has 2 nitrogen and oxygen atoms in total. The first-order valence-electron chi connectivity index (χ1n) is 10.5. The van der Waals surface area contributed by atoms with Gasteiger partial charge in [0.05, 0.1) is 5.52 Å². The minimum Gasteiger partial charge on any atom is -0.456 e. The molecule has 0 amide bonds. The van der Waals surface area contributed by atoms with Crippen LogP contribution in [0.15, 0.2) is 102 Å². The van der Waals surface area contributed by atoms with E-state index in [1.807, 2.05) is 12.1 Å². The maximum Gasteiger partial charge on any atom is 0.136 e. The van der Waals surface area contributed by atoms with Crippen LogP contribution in [0.1, 0.15) is 11.3 Å². The molecule has 2 heterocycles. The molecule has 0 saturated heterocycles. The lowest BCUT2D eigenvalue weighted by Crippen LogP contribution is -1.96. The largest absolute Gasteiger partial charge is 0.456 e. The third-order valence-electron chi connectivity index (χ3n) is 6.19. The number of fused-ring (bicyclic) bond motifs is 4. The van der Waals surface area contributed by atoms with E-state index in [2.05, 4.69) is 103 Å². The van der Waals surface area contributed by atoms with Gasteiger partial charge in [0.1, 0.15) is 11.2 Å². The van der Waals surface area contributed by atoms with Gasteiger partial charge in [-0.3, -0.25) is 0 Å². The van der Waals surface area contributed by atoms with Crippen LogP contribution in [-0.4, -0.2) is 4.57 Å². The van der Waals surface area contributed by atoms with Crippen molar-refractivity contribution in [2.24, 2.45) is 0 Å². The van der Waals surface area contributed by atoms with Gasteiger partial charge in [0, 0.05) is 27.5 Å². The molecular formula is C29H21NO. The van der Waals surface area contributed by atoms with Crippen molar-refractivity contribution < 1.29 is 4.42 Å². The molecule has 2 heteroatoms. The van der Waals surface area contributed by atoms with Crippen LogP contribution in [0.2, 0.25) is 0 Å². The standard InChI is InChI=1S/C29H21NO/c1-3-26-19(2)23-11-7-8-12-27(23)30(26)22-14-16-28-25(18-22)24-15-13-21(17-29(24)31-28)20-9-5-4-6-10-20/h3-18H,1H2,2H3. The topological polar surface area (TPSA) is 18.1 Å². The van der Waals surface area contributed by atoms with Crippen LogP contribution in [0.3, 0.4) is 0 Å². The number of para-hydroxylation sites is 1. The minimum atomic E-state index is 0.900. The zero-order chi connectivity index (χ0) is 20.9. The summed E-state index contributed by atoms with van der Waals surface area (Å²) >= 11 is 0. The summed E-state index contributed by atoms with van der Waals surface area (Å²) < 4.78 is 8.51. The summed E-state index contributed by atoms with van der Waals surface area (Å²) in [7, 11) is 0. The van der Waals surface area contributed by atoms with Crippen molar-refractivity contribution in [2.75, 3.05) is 0 Å². The van der Waals surface area contributed by atoms with Gasteiger partial charge in [-0.2, -0.15) is 0 Å². The molecule has 6 rings (SSSR count). The van der Waals surface area contributed by atoms with Gasteiger partial charge in [0.2, 0.25) is 0 Å². The predicted molar refractivity (Wildman–Crippen MR) is 131 cm³/mol.